The van der Waals surface area contributed by atoms with Gasteiger partial charge in [0.2, 0.25) is 0 Å². The molecular weight excluding hydrogens is 144 g/mol. The van der Waals surface area contributed by atoms with Gasteiger partial charge in [0, 0.05) is 26.2 Å². The number of aliphatic hydroxyl groups excluding tert-OH is 1. The van der Waals surface area contributed by atoms with Gasteiger partial charge in [0.05, 0.1) is 12.2 Å². The number of hydrogen-bond donors (Lipinski definition) is 1. The van der Waals surface area contributed by atoms with E-state index in [-0.39, 0.29) is 24.7 Å². The van der Waals surface area contributed by atoms with Crippen molar-refractivity contribution in [3.8, 4) is 0 Å². The minimum atomic E-state index is 0.0880. The molecule has 0 saturated carbocycles. The lowest BCUT2D eigenvalue weighted by Crippen LogP contribution is -2.31. The largest absolute Gasteiger partial charge is 0.396 e. The zero-order valence-corrected chi connectivity index (χ0v) is 7.12. The summed E-state index contributed by atoms with van der Waals surface area (Å²) in [6.07, 6.45) is 1.22. The highest BCUT2D eigenvalue weighted by molar-refractivity contribution is 4.80. The average molecular weight is 160 g/mol. The lowest BCUT2D eigenvalue weighted by atomic mass is 10.0. The molecule has 0 amide bonds. The van der Waals surface area contributed by atoms with E-state index in [1.807, 2.05) is 6.92 Å². The molecule has 1 aliphatic heterocycles. The van der Waals surface area contributed by atoms with Gasteiger partial charge in [-0.2, -0.15) is 0 Å². The summed E-state index contributed by atoms with van der Waals surface area (Å²) < 4.78 is 10.6. The normalized spacial score (nSPS) is 34.1. The summed E-state index contributed by atoms with van der Waals surface area (Å²) in [6.45, 7) is 2.90. The molecule has 1 fully saturated rings. The van der Waals surface area contributed by atoms with Gasteiger partial charge in [-0.3, -0.25) is 0 Å². The smallest absolute Gasteiger partial charge is 0.0884 e. The highest BCUT2D eigenvalue weighted by atomic mass is 16.5. The predicted octanol–water partition coefficient (Wildman–Crippen LogP) is 0.419. The van der Waals surface area contributed by atoms with Crippen molar-refractivity contribution in [3.63, 3.8) is 0 Å². The summed E-state index contributed by atoms with van der Waals surface area (Å²) in [5.41, 5.74) is 0. The number of aliphatic hydroxyl groups is 1. The van der Waals surface area contributed by atoms with Gasteiger partial charge in [0.15, 0.2) is 0 Å². The maximum atomic E-state index is 8.87. The average Bonchev–Trinajstić information content (AvgIpc) is 2.50. The quantitative estimate of drug-likeness (QED) is 0.650. The first-order chi connectivity index (χ1) is 5.29. The third kappa shape index (κ3) is 1.92. The van der Waals surface area contributed by atoms with Crippen LogP contribution in [0.15, 0.2) is 0 Å². The van der Waals surface area contributed by atoms with Crippen LogP contribution in [0.4, 0.5) is 0 Å². The van der Waals surface area contributed by atoms with E-state index in [9.17, 15) is 0 Å². The standard InChI is InChI=1S/C8H16O3/c1-6(5-9)8-7(10-2)3-4-11-8/h6-9H,3-5H2,1-2H3. The van der Waals surface area contributed by atoms with E-state index in [4.69, 9.17) is 14.6 Å². The van der Waals surface area contributed by atoms with Gasteiger partial charge >= 0.3 is 0 Å². The summed E-state index contributed by atoms with van der Waals surface area (Å²) in [5.74, 6) is 0.183. The molecule has 0 radical (unpaired) electrons. The van der Waals surface area contributed by atoms with Crippen LogP contribution >= 0.6 is 0 Å². The van der Waals surface area contributed by atoms with E-state index in [2.05, 4.69) is 0 Å². The van der Waals surface area contributed by atoms with Crippen molar-refractivity contribution in [2.75, 3.05) is 20.3 Å². The molecule has 11 heavy (non-hydrogen) atoms. The van der Waals surface area contributed by atoms with Crippen LogP contribution in [0.3, 0.4) is 0 Å². The molecule has 3 atom stereocenters. The van der Waals surface area contributed by atoms with E-state index in [1.54, 1.807) is 7.11 Å². The Bertz CT molecular complexity index is 116. The third-order valence-corrected chi connectivity index (χ3v) is 2.23. The van der Waals surface area contributed by atoms with E-state index >= 15 is 0 Å². The number of hydrogen-bond acceptors (Lipinski definition) is 3. The van der Waals surface area contributed by atoms with Crippen LogP contribution in [0, 0.1) is 5.92 Å². The Balaban J connectivity index is 2.42. The molecule has 0 bridgehead atoms. The summed E-state index contributed by atoms with van der Waals surface area (Å²) in [6, 6.07) is 0. The second-order valence-corrected chi connectivity index (χ2v) is 3.06. The molecule has 3 heteroatoms. The van der Waals surface area contributed by atoms with Crippen LogP contribution in [-0.4, -0.2) is 37.6 Å². The molecule has 1 aliphatic rings. The number of ether oxygens (including phenoxy) is 2. The monoisotopic (exact) mass is 160 g/mol. The van der Waals surface area contributed by atoms with Gasteiger partial charge in [0.25, 0.3) is 0 Å². The maximum absolute atomic E-state index is 8.87. The molecule has 0 aliphatic carbocycles. The maximum Gasteiger partial charge on any atom is 0.0884 e. The Hall–Kier alpha value is -0.120. The van der Waals surface area contributed by atoms with E-state index < -0.39 is 0 Å². The van der Waals surface area contributed by atoms with Crippen LogP contribution in [0.5, 0.6) is 0 Å². The fraction of sp³-hybridized carbons (Fsp3) is 1.00. The lowest BCUT2D eigenvalue weighted by molar-refractivity contribution is -0.0266. The van der Waals surface area contributed by atoms with Crippen LogP contribution in [0.1, 0.15) is 13.3 Å². The Labute approximate surface area is 67.3 Å². The van der Waals surface area contributed by atoms with Crippen LogP contribution in [0.25, 0.3) is 0 Å². The van der Waals surface area contributed by atoms with Gasteiger partial charge in [-0.1, -0.05) is 6.92 Å². The van der Waals surface area contributed by atoms with Crippen LogP contribution < -0.4 is 0 Å². The van der Waals surface area contributed by atoms with Crippen LogP contribution in [-0.2, 0) is 9.47 Å². The molecule has 1 N–H and O–H groups in total. The molecule has 1 rings (SSSR count). The molecule has 1 heterocycles. The van der Waals surface area contributed by atoms with Gasteiger partial charge in [0.1, 0.15) is 0 Å². The first-order valence-electron chi connectivity index (χ1n) is 4.05. The van der Waals surface area contributed by atoms with Crippen molar-refractivity contribution in [1.29, 1.82) is 0 Å². The molecule has 0 aromatic rings. The van der Waals surface area contributed by atoms with Crippen molar-refractivity contribution in [2.45, 2.75) is 25.6 Å². The lowest BCUT2D eigenvalue weighted by Gasteiger charge is -2.21. The molecule has 0 spiro atoms. The first kappa shape index (κ1) is 8.97. The summed E-state index contributed by atoms with van der Waals surface area (Å²) in [4.78, 5) is 0. The fourth-order valence-corrected chi connectivity index (χ4v) is 1.48. The molecule has 66 valence electrons. The van der Waals surface area contributed by atoms with Crippen molar-refractivity contribution < 1.29 is 14.6 Å². The van der Waals surface area contributed by atoms with Crippen LogP contribution in [0.2, 0.25) is 0 Å². The second-order valence-electron chi connectivity index (χ2n) is 3.06. The zero-order chi connectivity index (χ0) is 8.27. The highest BCUT2D eigenvalue weighted by Crippen LogP contribution is 2.22. The molecule has 0 aromatic heterocycles. The van der Waals surface area contributed by atoms with E-state index in [1.165, 1.54) is 0 Å². The second kappa shape index (κ2) is 4.04. The number of methoxy groups -OCH3 is 1. The van der Waals surface area contributed by atoms with Crippen molar-refractivity contribution in [3.05, 3.63) is 0 Å². The zero-order valence-electron chi connectivity index (χ0n) is 7.12. The van der Waals surface area contributed by atoms with E-state index in [0.29, 0.717) is 0 Å². The Morgan fingerprint density at radius 1 is 1.73 bits per heavy atom. The predicted molar refractivity (Wildman–Crippen MR) is 41.4 cm³/mol. The Morgan fingerprint density at radius 2 is 2.45 bits per heavy atom. The van der Waals surface area contributed by atoms with Gasteiger partial charge in [-0.05, 0) is 6.42 Å². The molecule has 1 saturated heterocycles. The SMILES string of the molecule is COC1CCOC1C(C)CO. The van der Waals surface area contributed by atoms with Crippen molar-refractivity contribution >= 4 is 0 Å². The fourth-order valence-electron chi connectivity index (χ4n) is 1.48. The minimum Gasteiger partial charge on any atom is -0.396 e. The molecular formula is C8H16O3. The van der Waals surface area contributed by atoms with Crippen molar-refractivity contribution in [1.82, 2.24) is 0 Å². The third-order valence-electron chi connectivity index (χ3n) is 2.23. The summed E-state index contributed by atoms with van der Waals surface area (Å²) in [5, 5.41) is 8.87. The van der Waals surface area contributed by atoms with Gasteiger partial charge in [-0.25, -0.2) is 0 Å². The summed E-state index contributed by atoms with van der Waals surface area (Å²) in [7, 11) is 1.69. The van der Waals surface area contributed by atoms with E-state index in [0.717, 1.165) is 13.0 Å². The highest BCUT2D eigenvalue weighted by Gasteiger charge is 2.32. The van der Waals surface area contributed by atoms with Gasteiger partial charge < -0.3 is 14.6 Å². The first-order valence-corrected chi connectivity index (χ1v) is 4.05. The molecule has 3 unspecified atom stereocenters. The van der Waals surface area contributed by atoms with Gasteiger partial charge in [-0.15, -0.1) is 0 Å². The molecule has 0 aromatic carbocycles. The Kier molecular flexibility index (Phi) is 3.30. The summed E-state index contributed by atoms with van der Waals surface area (Å²) >= 11 is 0. The molecule has 3 nitrogen and oxygen atoms in total. The minimum absolute atomic E-state index is 0.0880. The number of rotatable bonds is 3. The topological polar surface area (TPSA) is 38.7 Å². The Morgan fingerprint density at radius 3 is 3.00 bits per heavy atom. The van der Waals surface area contributed by atoms with Crippen molar-refractivity contribution in [2.24, 2.45) is 5.92 Å².